The van der Waals surface area contributed by atoms with Crippen molar-refractivity contribution in [3.63, 3.8) is 0 Å². The molecule has 0 spiro atoms. The van der Waals surface area contributed by atoms with Gasteiger partial charge in [0.15, 0.2) is 6.61 Å². The summed E-state index contributed by atoms with van der Waals surface area (Å²) in [6.45, 7) is 3.73. The Labute approximate surface area is 153 Å². The lowest BCUT2D eigenvalue weighted by atomic mass is 10.1. The molecule has 27 heavy (non-hydrogen) atoms. The third-order valence-corrected chi connectivity index (χ3v) is 4.05. The highest BCUT2D eigenvalue weighted by Gasteiger charge is 2.30. The Balaban J connectivity index is 1.60. The van der Waals surface area contributed by atoms with Crippen LogP contribution in [0, 0.1) is 13.8 Å². The van der Waals surface area contributed by atoms with Crippen LogP contribution < -0.4 is 10.1 Å². The summed E-state index contributed by atoms with van der Waals surface area (Å²) >= 11 is 0. The molecule has 5 nitrogen and oxygen atoms in total. The third kappa shape index (κ3) is 4.39. The van der Waals surface area contributed by atoms with Crippen molar-refractivity contribution in [2.75, 3.05) is 6.61 Å². The number of amides is 1. The van der Waals surface area contributed by atoms with Gasteiger partial charge in [0.2, 0.25) is 0 Å². The molecule has 3 rings (SSSR count). The number of carbonyl (C=O) groups excluding carboxylic acids is 1. The number of nitrogens with zero attached hydrogens (tertiary/aromatic N) is 2. The largest absolute Gasteiger partial charge is 0.483 e. The van der Waals surface area contributed by atoms with E-state index in [1.165, 1.54) is 16.7 Å². The number of rotatable bonds is 5. The molecule has 1 amide bonds. The normalized spacial score (nSPS) is 11.6. The van der Waals surface area contributed by atoms with Gasteiger partial charge in [0, 0.05) is 12.4 Å². The number of ether oxygens (including phenoxy) is 1. The molecule has 0 radical (unpaired) electrons. The molecule has 1 N–H and O–H groups in total. The molecule has 0 aliphatic heterocycles. The lowest BCUT2D eigenvalue weighted by Crippen LogP contribution is -2.28. The number of carbonyl (C=O) groups is 1. The zero-order valence-corrected chi connectivity index (χ0v) is 14.8. The summed E-state index contributed by atoms with van der Waals surface area (Å²) in [6, 6.07) is 7.96. The minimum atomic E-state index is -4.42. The Morgan fingerprint density at radius 1 is 1.15 bits per heavy atom. The van der Waals surface area contributed by atoms with Crippen molar-refractivity contribution in [2.24, 2.45) is 0 Å². The zero-order valence-electron chi connectivity index (χ0n) is 14.8. The Bertz CT molecular complexity index is 960. The van der Waals surface area contributed by atoms with Crippen molar-refractivity contribution in [3.05, 3.63) is 65.1 Å². The van der Waals surface area contributed by atoms with E-state index in [-0.39, 0.29) is 19.1 Å². The summed E-state index contributed by atoms with van der Waals surface area (Å²) in [5.41, 5.74) is 1.94. The Kier molecular flexibility index (Phi) is 5.07. The Hall–Kier alpha value is -3.03. The predicted molar refractivity (Wildman–Crippen MR) is 93.5 cm³/mol. The maximum Gasteiger partial charge on any atom is 0.417 e. The van der Waals surface area contributed by atoms with Crippen molar-refractivity contribution >= 4 is 11.6 Å². The molecule has 0 aliphatic rings. The number of hydrogen-bond donors (Lipinski definition) is 1. The number of fused-ring (bicyclic) bond motifs is 1. The number of para-hydroxylation sites is 1. The summed E-state index contributed by atoms with van der Waals surface area (Å²) in [4.78, 5) is 16.2. The minimum absolute atomic E-state index is 0.0952. The van der Waals surface area contributed by atoms with Crippen LogP contribution >= 0.6 is 0 Å². The van der Waals surface area contributed by atoms with Crippen LogP contribution in [0.3, 0.4) is 0 Å². The van der Waals surface area contributed by atoms with Gasteiger partial charge in [0.05, 0.1) is 17.8 Å². The molecular formula is C19H18F3N3O2. The van der Waals surface area contributed by atoms with Gasteiger partial charge in [-0.05, 0) is 37.1 Å². The lowest BCUT2D eigenvalue weighted by molar-refractivity contribution is -0.137. The lowest BCUT2D eigenvalue weighted by Gasteiger charge is -2.11. The van der Waals surface area contributed by atoms with E-state index in [2.05, 4.69) is 10.3 Å². The predicted octanol–water partition coefficient (Wildman–Crippen LogP) is 3.67. The molecule has 0 aliphatic carbocycles. The number of aryl methyl sites for hydroxylation is 2. The topological polar surface area (TPSA) is 55.6 Å². The summed E-state index contributed by atoms with van der Waals surface area (Å²) < 4.78 is 45.1. The van der Waals surface area contributed by atoms with Crippen LogP contribution in [0.15, 0.2) is 42.7 Å². The molecule has 2 aromatic heterocycles. The Morgan fingerprint density at radius 3 is 2.52 bits per heavy atom. The average molecular weight is 377 g/mol. The van der Waals surface area contributed by atoms with Crippen LogP contribution in [0.5, 0.6) is 5.75 Å². The van der Waals surface area contributed by atoms with Gasteiger partial charge in [-0.15, -0.1) is 0 Å². The first-order valence-electron chi connectivity index (χ1n) is 8.24. The van der Waals surface area contributed by atoms with Crippen LogP contribution in [0.1, 0.15) is 22.4 Å². The van der Waals surface area contributed by atoms with Crippen LogP contribution in [-0.4, -0.2) is 21.9 Å². The molecule has 0 saturated heterocycles. The maximum absolute atomic E-state index is 12.8. The molecule has 3 aromatic rings. The number of aromatic nitrogens is 2. The summed E-state index contributed by atoms with van der Waals surface area (Å²) in [7, 11) is 0. The molecule has 2 heterocycles. The zero-order chi connectivity index (χ0) is 19.6. The number of halogens is 3. The van der Waals surface area contributed by atoms with E-state index in [0.29, 0.717) is 17.1 Å². The SMILES string of the molecule is Cc1cccc(C)c1OCC(=O)NCc1cn2cc(C(F)(F)F)ccc2n1. The van der Waals surface area contributed by atoms with Gasteiger partial charge < -0.3 is 14.5 Å². The van der Waals surface area contributed by atoms with Crippen LogP contribution in [0.2, 0.25) is 0 Å². The first kappa shape index (κ1) is 18.8. The summed E-state index contributed by atoms with van der Waals surface area (Å²) in [5.74, 6) is 0.325. The molecular weight excluding hydrogens is 359 g/mol. The second-order valence-electron chi connectivity index (χ2n) is 6.20. The summed E-state index contributed by atoms with van der Waals surface area (Å²) in [6.07, 6.45) is -1.99. The van der Waals surface area contributed by atoms with Crippen LogP contribution in [-0.2, 0) is 17.5 Å². The average Bonchev–Trinajstić information content (AvgIpc) is 3.01. The molecule has 8 heteroatoms. The molecule has 0 atom stereocenters. The molecule has 0 unspecified atom stereocenters. The smallest absolute Gasteiger partial charge is 0.417 e. The monoisotopic (exact) mass is 377 g/mol. The number of nitrogens with one attached hydrogen (secondary N) is 1. The number of hydrogen-bond acceptors (Lipinski definition) is 3. The first-order chi connectivity index (χ1) is 12.7. The van der Waals surface area contributed by atoms with Gasteiger partial charge in [-0.1, -0.05) is 18.2 Å². The van der Waals surface area contributed by atoms with Gasteiger partial charge in [0.25, 0.3) is 5.91 Å². The first-order valence-corrected chi connectivity index (χ1v) is 8.24. The standard InChI is InChI=1S/C19H18F3N3O2/c1-12-4-3-5-13(2)18(12)27-11-17(26)23-8-15-10-25-9-14(19(20,21)22)6-7-16(25)24-15/h3-7,9-10H,8,11H2,1-2H3,(H,23,26). The van der Waals surface area contributed by atoms with E-state index < -0.39 is 11.7 Å². The highest BCUT2D eigenvalue weighted by atomic mass is 19.4. The Morgan fingerprint density at radius 2 is 1.85 bits per heavy atom. The second-order valence-corrected chi connectivity index (χ2v) is 6.20. The number of benzene rings is 1. The molecule has 142 valence electrons. The van der Waals surface area contributed by atoms with Crippen molar-refractivity contribution in [2.45, 2.75) is 26.6 Å². The number of pyridine rings is 1. The van der Waals surface area contributed by atoms with Crippen molar-refractivity contribution in [1.29, 1.82) is 0 Å². The van der Waals surface area contributed by atoms with E-state index >= 15 is 0 Å². The maximum atomic E-state index is 12.8. The van der Waals surface area contributed by atoms with Crippen LogP contribution in [0.25, 0.3) is 5.65 Å². The van der Waals surface area contributed by atoms with Gasteiger partial charge >= 0.3 is 6.18 Å². The molecule has 0 fully saturated rings. The fourth-order valence-electron chi connectivity index (χ4n) is 2.70. The molecule has 1 aromatic carbocycles. The molecule has 0 bridgehead atoms. The second kappa shape index (κ2) is 7.30. The van der Waals surface area contributed by atoms with Gasteiger partial charge in [-0.25, -0.2) is 4.98 Å². The van der Waals surface area contributed by atoms with E-state index in [1.807, 2.05) is 32.0 Å². The quantitative estimate of drug-likeness (QED) is 0.738. The molecule has 0 saturated carbocycles. The fourth-order valence-corrected chi connectivity index (χ4v) is 2.70. The van der Waals surface area contributed by atoms with Crippen molar-refractivity contribution < 1.29 is 22.7 Å². The number of imidazole rings is 1. The van der Waals surface area contributed by atoms with Crippen LogP contribution in [0.4, 0.5) is 13.2 Å². The van der Waals surface area contributed by atoms with Crippen molar-refractivity contribution in [3.8, 4) is 5.75 Å². The highest BCUT2D eigenvalue weighted by Crippen LogP contribution is 2.29. The van der Waals surface area contributed by atoms with Gasteiger partial charge in [-0.2, -0.15) is 13.2 Å². The van der Waals surface area contributed by atoms with E-state index in [0.717, 1.165) is 23.4 Å². The van der Waals surface area contributed by atoms with E-state index in [9.17, 15) is 18.0 Å². The van der Waals surface area contributed by atoms with E-state index in [1.54, 1.807) is 0 Å². The van der Waals surface area contributed by atoms with Gasteiger partial charge in [0.1, 0.15) is 11.4 Å². The number of alkyl halides is 3. The van der Waals surface area contributed by atoms with E-state index in [4.69, 9.17) is 4.74 Å². The van der Waals surface area contributed by atoms with Gasteiger partial charge in [-0.3, -0.25) is 4.79 Å². The van der Waals surface area contributed by atoms with Crippen molar-refractivity contribution in [1.82, 2.24) is 14.7 Å². The third-order valence-electron chi connectivity index (χ3n) is 4.05. The summed E-state index contributed by atoms with van der Waals surface area (Å²) in [5, 5.41) is 2.65. The highest BCUT2D eigenvalue weighted by molar-refractivity contribution is 5.77. The fraction of sp³-hybridized carbons (Fsp3) is 0.263. The minimum Gasteiger partial charge on any atom is -0.483 e.